The minimum atomic E-state index is -2.92. The predicted molar refractivity (Wildman–Crippen MR) is 59.1 cm³/mol. The molecule has 0 bridgehead atoms. The first-order valence-electron chi connectivity index (χ1n) is 5.34. The summed E-state index contributed by atoms with van der Waals surface area (Å²) in [4.78, 5) is 14.8. The molecule has 0 spiro atoms. The van der Waals surface area contributed by atoms with Crippen LogP contribution in [0.15, 0.2) is 6.20 Å². The predicted octanol–water partition coefficient (Wildman–Crippen LogP) is 1.29. The van der Waals surface area contributed by atoms with E-state index in [2.05, 4.69) is 4.98 Å². The van der Waals surface area contributed by atoms with Gasteiger partial charge in [-0.1, -0.05) is 0 Å². The van der Waals surface area contributed by atoms with Crippen molar-refractivity contribution in [3.63, 3.8) is 0 Å². The van der Waals surface area contributed by atoms with Crippen molar-refractivity contribution in [2.75, 3.05) is 6.61 Å². The minimum absolute atomic E-state index is 0.0151. The average Bonchev–Trinajstić information content (AvgIpc) is 2.31. The van der Waals surface area contributed by atoms with Gasteiger partial charge in [-0.05, 0) is 12.5 Å². The third kappa shape index (κ3) is 3.13. The number of aromatic nitrogens is 1. The van der Waals surface area contributed by atoms with Gasteiger partial charge >= 0.3 is 5.97 Å². The highest BCUT2D eigenvalue weighted by atomic mass is 19.3. The van der Waals surface area contributed by atoms with Gasteiger partial charge < -0.3 is 15.6 Å². The number of hydrogen-bond donors (Lipinski definition) is 2. The average molecular weight is 260 g/mol. The molecule has 100 valence electrons. The van der Waals surface area contributed by atoms with Crippen LogP contribution < -0.4 is 5.73 Å². The largest absolute Gasteiger partial charge is 0.505 e. The monoisotopic (exact) mass is 260 g/mol. The molecule has 1 heterocycles. The molecule has 18 heavy (non-hydrogen) atoms. The molecule has 3 N–H and O–H groups in total. The van der Waals surface area contributed by atoms with Crippen molar-refractivity contribution in [3.05, 3.63) is 23.0 Å². The van der Waals surface area contributed by atoms with Gasteiger partial charge in [0.25, 0.3) is 6.43 Å². The number of rotatable bonds is 5. The van der Waals surface area contributed by atoms with Crippen LogP contribution in [0.4, 0.5) is 8.78 Å². The first kappa shape index (κ1) is 14.3. The molecule has 5 nitrogen and oxygen atoms in total. The highest BCUT2D eigenvalue weighted by Crippen LogP contribution is 2.31. The molecule has 1 aromatic heterocycles. The summed E-state index contributed by atoms with van der Waals surface area (Å²) in [5.41, 5.74) is 5.03. The number of carbonyl (C=O) groups excluding carboxylic acids is 1. The number of hydrogen-bond acceptors (Lipinski definition) is 5. The van der Waals surface area contributed by atoms with E-state index in [-0.39, 0.29) is 25.1 Å². The first-order chi connectivity index (χ1) is 8.51. The Balaban J connectivity index is 3.13. The fourth-order valence-corrected chi connectivity index (χ4v) is 1.48. The summed E-state index contributed by atoms with van der Waals surface area (Å²) >= 11 is 0. The van der Waals surface area contributed by atoms with Crippen LogP contribution in [-0.2, 0) is 22.5 Å². The molecule has 0 fully saturated rings. The Morgan fingerprint density at radius 3 is 2.78 bits per heavy atom. The van der Waals surface area contributed by atoms with Crippen LogP contribution in [0.25, 0.3) is 0 Å². The molecule has 0 saturated heterocycles. The van der Waals surface area contributed by atoms with E-state index in [1.165, 1.54) is 0 Å². The first-order valence-corrected chi connectivity index (χ1v) is 5.34. The third-order valence-corrected chi connectivity index (χ3v) is 2.33. The Labute approximate surface area is 103 Å². The quantitative estimate of drug-likeness (QED) is 0.779. The molecule has 0 amide bonds. The number of alkyl halides is 2. The van der Waals surface area contributed by atoms with E-state index in [0.717, 1.165) is 6.20 Å². The lowest BCUT2D eigenvalue weighted by Crippen LogP contribution is -2.12. The topological polar surface area (TPSA) is 85.4 Å². The summed E-state index contributed by atoms with van der Waals surface area (Å²) in [5.74, 6) is -1.31. The summed E-state index contributed by atoms with van der Waals surface area (Å²) in [5, 5.41) is 9.68. The van der Waals surface area contributed by atoms with Gasteiger partial charge in [-0.2, -0.15) is 0 Å². The van der Waals surface area contributed by atoms with E-state index < -0.39 is 23.8 Å². The Kier molecular flexibility index (Phi) is 4.96. The minimum Gasteiger partial charge on any atom is -0.505 e. The molecule has 0 saturated carbocycles. The third-order valence-electron chi connectivity index (χ3n) is 2.33. The number of esters is 1. The lowest BCUT2D eigenvalue weighted by Gasteiger charge is -2.12. The van der Waals surface area contributed by atoms with Crippen molar-refractivity contribution < 1.29 is 23.4 Å². The van der Waals surface area contributed by atoms with Crippen LogP contribution in [0, 0.1) is 0 Å². The normalized spacial score (nSPS) is 10.7. The Morgan fingerprint density at radius 2 is 2.28 bits per heavy atom. The van der Waals surface area contributed by atoms with Gasteiger partial charge in [-0.15, -0.1) is 0 Å². The van der Waals surface area contributed by atoms with Crippen molar-refractivity contribution in [2.45, 2.75) is 26.3 Å². The summed E-state index contributed by atoms with van der Waals surface area (Å²) in [6, 6.07) is 0. The maximum absolute atomic E-state index is 12.6. The molecule has 7 heteroatoms. The van der Waals surface area contributed by atoms with Crippen molar-refractivity contribution >= 4 is 5.97 Å². The maximum atomic E-state index is 12.6. The van der Waals surface area contributed by atoms with Crippen LogP contribution in [0.1, 0.15) is 30.2 Å². The van der Waals surface area contributed by atoms with Crippen LogP contribution in [0.3, 0.4) is 0 Å². The standard InChI is InChI=1S/C11H14F2N2O3/c1-2-18-8(16)3-7-6(4-14)5-15-9(10(7)17)11(12)13/h5,11,17H,2-4,14H2,1H3. The molecule has 0 aliphatic carbocycles. The number of carbonyl (C=O) groups is 1. The highest BCUT2D eigenvalue weighted by Gasteiger charge is 2.21. The summed E-state index contributed by atoms with van der Waals surface area (Å²) < 4.78 is 29.8. The van der Waals surface area contributed by atoms with E-state index in [4.69, 9.17) is 10.5 Å². The number of halogens is 2. The molecule has 0 radical (unpaired) electrons. The molecule has 1 aromatic rings. The van der Waals surface area contributed by atoms with E-state index in [9.17, 15) is 18.7 Å². The summed E-state index contributed by atoms with van der Waals surface area (Å²) in [7, 11) is 0. The van der Waals surface area contributed by atoms with Gasteiger partial charge in [0.15, 0.2) is 0 Å². The molecule has 1 rings (SSSR count). The van der Waals surface area contributed by atoms with Crippen molar-refractivity contribution in [1.29, 1.82) is 0 Å². The molecule has 0 aromatic carbocycles. The number of aromatic hydroxyl groups is 1. The summed E-state index contributed by atoms with van der Waals surface area (Å²) in [6.07, 6.45) is -2.10. The second-order valence-corrected chi connectivity index (χ2v) is 3.48. The Morgan fingerprint density at radius 1 is 1.61 bits per heavy atom. The van der Waals surface area contributed by atoms with E-state index in [0.29, 0.717) is 5.56 Å². The van der Waals surface area contributed by atoms with Gasteiger partial charge in [0, 0.05) is 18.3 Å². The van der Waals surface area contributed by atoms with Crippen molar-refractivity contribution in [3.8, 4) is 5.75 Å². The lowest BCUT2D eigenvalue weighted by atomic mass is 10.0. The fourth-order valence-electron chi connectivity index (χ4n) is 1.48. The van der Waals surface area contributed by atoms with Gasteiger partial charge in [0.05, 0.1) is 13.0 Å². The SMILES string of the molecule is CCOC(=O)Cc1c(CN)cnc(C(F)F)c1O. The van der Waals surface area contributed by atoms with Gasteiger partial charge in [0.2, 0.25) is 0 Å². The van der Waals surface area contributed by atoms with Crippen LogP contribution in [-0.4, -0.2) is 22.7 Å². The molecular formula is C11H14F2N2O3. The van der Waals surface area contributed by atoms with Gasteiger partial charge in [0.1, 0.15) is 11.4 Å². The van der Waals surface area contributed by atoms with E-state index >= 15 is 0 Å². The number of ether oxygens (including phenoxy) is 1. The molecule has 0 unspecified atom stereocenters. The highest BCUT2D eigenvalue weighted by molar-refractivity contribution is 5.74. The summed E-state index contributed by atoms with van der Waals surface area (Å²) in [6.45, 7) is 1.78. The smallest absolute Gasteiger partial charge is 0.310 e. The second kappa shape index (κ2) is 6.25. The van der Waals surface area contributed by atoms with Gasteiger partial charge in [-0.25, -0.2) is 8.78 Å². The Bertz CT molecular complexity index is 439. The number of nitrogens with two attached hydrogens (primary N) is 1. The van der Waals surface area contributed by atoms with Crippen molar-refractivity contribution in [2.24, 2.45) is 5.73 Å². The molecular weight excluding hydrogens is 246 g/mol. The van der Waals surface area contributed by atoms with Crippen LogP contribution >= 0.6 is 0 Å². The maximum Gasteiger partial charge on any atom is 0.310 e. The zero-order valence-electron chi connectivity index (χ0n) is 9.82. The zero-order chi connectivity index (χ0) is 13.7. The molecule has 0 atom stereocenters. The zero-order valence-corrected chi connectivity index (χ0v) is 9.82. The number of pyridine rings is 1. The lowest BCUT2D eigenvalue weighted by molar-refractivity contribution is -0.142. The second-order valence-electron chi connectivity index (χ2n) is 3.48. The number of nitrogens with zero attached hydrogens (tertiary/aromatic N) is 1. The van der Waals surface area contributed by atoms with Gasteiger partial charge in [-0.3, -0.25) is 9.78 Å². The van der Waals surface area contributed by atoms with Crippen molar-refractivity contribution in [1.82, 2.24) is 4.98 Å². The van der Waals surface area contributed by atoms with E-state index in [1.807, 2.05) is 0 Å². The van der Waals surface area contributed by atoms with Crippen LogP contribution in [0.2, 0.25) is 0 Å². The Hall–Kier alpha value is -1.76. The molecule has 0 aliphatic heterocycles. The molecule has 0 aliphatic rings. The van der Waals surface area contributed by atoms with E-state index in [1.54, 1.807) is 6.92 Å². The van der Waals surface area contributed by atoms with Crippen LogP contribution in [0.5, 0.6) is 5.75 Å². The fraction of sp³-hybridized carbons (Fsp3) is 0.455.